The van der Waals surface area contributed by atoms with E-state index in [0.717, 1.165) is 32.1 Å². The topological polar surface area (TPSA) is 44.5 Å². The van der Waals surface area contributed by atoms with Crippen molar-refractivity contribution < 1.29 is 13.9 Å². The molecule has 21 heavy (non-hydrogen) atoms. The molecule has 3 nitrogen and oxygen atoms in total. The number of hydrogen-bond acceptors (Lipinski definition) is 3. The molecule has 0 aromatic heterocycles. The first-order valence-corrected chi connectivity index (χ1v) is 8.45. The largest absolute Gasteiger partial charge is 0.490 e. The van der Waals surface area contributed by atoms with Gasteiger partial charge < -0.3 is 15.2 Å². The van der Waals surface area contributed by atoms with Crippen LogP contribution in [-0.4, -0.2) is 19.8 Å². The Balaban J connectivity index is 2.17. The first-order valence-electron chi connectivity index (χ1n) is 7.66. The SMILES string of the molecule is NCC1(c2c(F)c(Br)cc3c2OCCCO3)CCCCC1. The third-order valence-electron chi connectivity index (χ3n) is 4.66. The zero-order valence-electron chi connectivity index (χ0n) is 12.1. The number of halogens is 2. The van der Waals surface area contributed by atoms with E-state index >= 15 is 0 Å². The summed E-state index contributed by atoms with van der Waals surface area (Å²) in [5.41, 5.74) is 6.37. The molecular weight excluding hydrogens is 337 g/mol. The maximum atomic E-state index is 14.9. The van der Waals surface area contributed by atoms with Crippen molar-refractivity contribution in [3.63, 3.8) is 0 Å². The van der Waals surface area contributed by atoms with Crippen LogP contribution in [0.1, 0.15) is 44.1 Å². The molecule has 0 unspecified atom stereocenters. The fourth-order valence-electron chi connectivity index (χ4n) is 3.51. The zero-order chi connectivity index (χ0) is 14.9. The highest BCUT2D eigenvalue weighted by molar-refractivity contribution is 9.10. The molecule has 0 bridgehead atoms. The molecule has 3 rings (SSSR count). The van der Waals surface area contributed by atoms with Gasteiger partial charge in [0.2, 0.25) is 0 Å². The normalized spacial score (nSPS) is 20.9. The van der Waals surface area contributed by atoms with E-state index in [-0.39, 0.29) is 11.2 Å². The Morgan fingerprint density at radius 2 is 1.86 bits per heavy atom. The van der Waals surface area contributed by atoms with Crippen molar-refractivity contribution in [1.29, 1.82) is 0 Å². The number of fused-ring (bicyclic) bond motifs is 1. The number of rotatable bonds is 2. The van der Waals surface area contributed by atoms with Crippen molar-refractivity contribution in [3.05, 3.63) is 21.9 Å². The van der Waals surface area contributed by atoms with Crippen LogP contribution in [0.15, 0.2) is 10.5 Å². The van der Waals surface area contributed by atoms with Crippen LogP contribution < -0.4 is 15.2 Å². The molecule has 1 aromatic rings. The molecule has 0 radical (unpaired) electrons. The highest BCUT2D eigenvalue weighted by Crippen LogP contribution is 2.49. The molecule has 116 valence electrons. The maximum Gasteiger partial charge on any atom is 0.167 e. The zero-order valence-corrected chi connectivity index (χ0v) is 13.7. The number of hydrogen-bond donors (Lipinski definition) is 1. The van der Waals surface area contributed by atoms with Crippen LogP contribution >= 0.6 is 15.9 Å². The van der Waals surface area contributed by atoms with Gasteiger partial charge in [0.25, 0.3) is 0 Å². The van der Waals surface area contributed by atoms with Gasteiger partial charge in [-0.05, 0) is 28.8 Å². The summed E-state index contributed by atoms with van der Waals surface area (Å²) < 4.78 is 26.9. The summed E-state index contributed by atoms with van der Waals surface area (Å²) in [5.74, 6) is 0.960. The van der Waals surface area contributed by atoms with Gasteiger partial charge in [0.15, 0.2) is 11.5 Å². The summed E-state index contributed by atoms with van der Waals surface area (Å²) in [4.78, 5) is 0. The number of benzene rings is 1. The van der Waals surface area contributed by atoms with Crippen molar-refractivity contribution in [2.24, 2.45) is 5.73 Å². The smallest absolute Gasteiger partial charge is 0.167 e. The van der Waals surface area contributed by atoms with Crippen molar-refractivity contribution in [1.82, 2.24) is 0 Å². The lowest BCUT2D eigenvalue weighted by Gasteiger charge is -2.38. The van der Waals surface area contributed by atoms with Crippen LogP contribution in [0.4, 0.5) is 4.39 Å². The molecule has 1 aromatic carbocycles. The maximum absolute atomic E-state index is 14.9. The first kappa shape index (κ1) is 15.1. The molecule has 0 amide bonds. The molecule has 0 saturated heterocycles. The van der Waals surface area contributed by atoms with Crippen LogP contribution in [0, 0.1) is 5.82 Å². The minimum Gasteiger partial charge on any atom is -0.490 e. The van der Waals surface area contributed by atoms with Gasteiger partial charge in [-0.1, -0.05) is 19.3 Å². The third-order valence-corrected chi connectivity index (χ3v) is 5.24. The fraction of sp³-hybridized carbons (Fsp3) is 0.625. The predicted molar refractivity (Wildman–Crippen MR) is 83.5 cm³/mol. The molecule has 0 spiro atoms. The number of nitrogens with two attached hydrogens (primary N) is 1. The summed E-state index contributed by atoms with van der Waals surface area (Å²) in [6, 6.07) is 1.67. The lowest BCUT2D eigenvalue weighted by atomic mass is 9.69. The van der Waals surface area contributed by atoms with E-state index in [9.17, 15) is 4.39 Å². The minimum atomic E-state index is -0.329. The average Bonchev–Trinajstić information content (AvgIpc) is 2.74. The molecule has 1 heterocycles. The molecule has 1 aliphatic carbocycles. The van der Waals surface area contributed by atoms with Crippen LogP contribution in [0.25, 0.3) is 0 Å². The molecule has 5 heteroatoms. The molecule has 2 N–H and O–H groups in total. The Labute approximate surface area is 133 Å². The summed E-state index contributed by atoms with van der Waals surface area (Å²) in [7, 11) is 0. The van der Waals surface area contributed by atoms with Gasteiger partial charge in [-0.2, -0.15) is 0 Å². The lowest BCUT2D eigenvalue weighted by molar-refractivity contribution is 0.263. The van der Waals surface area contributed by atoms with Gasteiger partial charge in [0, 0.05) is 30.0 Å². The summed E-state index contributed by atoms with van der Waals surface area (Å²) >= 11 is 3.32. The monoisotopic (exact) mass is 357 g/mol. The first-order chi connectivity index (χ1) is 10.2. The van der Waals surface area contributed by atoms with E-state index in [1.165, 1.54) is 6.42 Å². The van der Waals surface area contributed by atoms with Gasteiger partial charge in [-0.3, -0.25) is 0 Å². The van der Waals surface area contributed by atoms with Crippen LogP contribution in [-0.2, 0) is 5.41 Å². The standard InChI is InChI=1S/C16H21BrFNO2/c17-11-9-12-15(21-8-4-7-20-12)13(14(11)18)16(10-19)5-2-1-3-6-16/h9H,1-8,10,19H2. The van der Waals surface area contributed by atoms with Crippen molar-refractivity contribution in [3.8, 4) is 11.5 Å². The van der Waals surface area contributed by atoms with E-state index in [1.807, 2.05) is 0 Å². The van der Waals surface area contributed by atoms with Gasteiger partial charge in [0.1, 0.15) is 5.82 Å². The average molecular weight is 358 g/mol. The van der Waals surface area contributed by atoms with Crippen molar-refractivity contribution in [2.45, 2.75) is 43.9 Å². The Kier molecular flexibility index (Phi) is 4.41. The third kappa shape index (κ3) is 2.66. The highest BCUT2D eigenvalue weighted by atomic mass is 79.9. The highest BCUT2D eigenvalue weighted by Gasteiger charge is 2.40. The lowest BCUT2D eigenvalue weighted by Crippen LogP contribution is -2.38. The Hall–Kier alpha value is -0.810. The van der Waals surface area contributed by atoms with E-state index in [0.29, 0.717) is 41.3 Å². The van der Waals surface area contributed by atoms with Gasteiger partial charge in [0.05, 0.1) is 17.7 Å². The van der Waals surface area contributed by atoms with Crippen molar-refractivity contribution in [2.75, 3.05) is 19.8 Å². The second-order valence-electron chi connectivity index (χ2n) is 5.97. The Morgan fingerprint density at radius 3 is 2.57 bits per heavy atom. The molecular formula is C16H21BrFNO2. The molecule has 1 saturated carbocycles. The van der Waals surface area contributed by atoms with Gasteiger partial charge in [-0.25, -0.2) is 4.39 Å². The van der Waals surface area contributed by atoms with Crippen LogP contribution in [0.5, 0.6) is 11.5 Å². The quantitative estimate of drug-likeness (QED) is 0.872. The van der Waals surface area contributed by atoms with E-state index < -0.39 is 0 Å². The van der Waals surface area contributed by atoms with Gasteiger partial charge in [-0.15, -0.1) is 0 Å². The summed E-state index contributed by atoms with van der Waals surface area (Å²) in [5, 5.41) is 0. The van der Waals surface area contributed by atoms with Crippen LogP contribution in [0.3, 0.4) is 0 Å². The fourth-order valence-corrected chi connectivity index (χ4v) is 3.92. The van der Waals surface area contributed by atoms with E-state index in [2.05, 4.69) is 15.9 Å². The van der Waals surface area contributed by atoms with E-state index in [4.69, 9.17) is 15.2 Å². The van der Waals surface area contributed by atoms with Gasteiger partial charge >= 0.3 is 0 Å². The molecule has 2 aliphatic rings. The Morgan fingerprint density at radius 1 is 1.14 bits per heavy atom. The second kappa shape index (κ2) is 6.13. The predicted octanol–water partition coefficient (Wildman–Crippen LogP) is 3.91. The minimum absolute atomic E-state index is 0.244. The second-order valence-corrected chi connectivity index (χ2v) is 6.82. The number of ether oxygens (including phenoxy) is 2. The Bertz CT molecular complexity index is 529. The molecule has 1 aliphatic heterocycles. The summed E-state index contributed by atoms with van der Waals surface area (Å²) in [6.45, 7) is 1.60. The van der Waals surface area contributed by atoms with Crippen LogP contribution in [0.2, 0.25) is 0 Å². The molecule has 1 fully saturated rings. The van der Waals surface area contributed by atoms with Crippen molar-refractivity contribution >= 4 is 15.9 Å². The molecule has 0 atom stereocenters. The summed E-state index contributed by atoms with van der Waals surface area (Å²) in [6.07, 6.45) is 5.98. The van der Waals surface area contributed by atoms with E-state index in [1.54, 1.807) is 6.07 Å².